The number of carbonyl (C=O) groups excluding carboxylic acids is 1. The molecule has 0 bridgehead atoms. The van der Waals surface area contributed by atoms with Gasteiger partial charge in [-0.3, -0.25) is 9.59 Å². The number of carboxylic acids is 3. The molecule has 0 aliphatic carbocycles. The van der Waals surface area contributed by atoms with Crippen LogP contribution in [0.2, 0.25) is 0 Å². The van der Waals surface area contributed by atoms with Crippen LogP contribution in [0.3, 0.4) is 0 Å². The van der Waals surface area contributed by atoms with Gasteiger partial charge in [0.25, 0.3) is 0 Å². The van der Waals surface area contributed by atoms with Crippen molar-refractivity contribution in [3.05, 3.63) is 0 Å². The predicted molar refractivity (Wildman–Crippen MR) is 54.8 cm³/mol. The van der Waals surface area contributed by atoms with E-state index in [4.69, 9.17) is 10.2 Å². The van der Waals surface area contributed by atoms with Crippen LogP contribution in [-0.2, 0) is 14.4 Å². The number of aliphatic carboxylic acids is 3. The monoisotopic (exact) mass is 278 g/mol. The van der Waals surface area contributed by atoms with Crippen LogP contribution in [0, 0.1) is 0 Å². The van der Waals surface area contributed by atoms with Gasteiger partial charge < -0.3 is 25.6 Å². The number of hydrogen-bond donors (Lipinski definition) is 2. The van der Waals surface area contributed by atoms with E-state index in [1.54, 1.807) is 13.8 Å². The van der Waals surface area contributed by atoms with E-state index < -0.39 is 17.9 Å². The average molecular weight is 278 g/mol. The van der Waals surface area contributed by atoms with E-state index in [1.807, 2.05) is 0 Å². The summed E-state index contributed by atoms with van der Waals surface area (Å²) in [5, 5.41) is 24.7. The summed E-state index contributed by atoms with van der Waals surface area (Å²) < 4.78 is 0. The number of carboxylic acid groups (broad SMARTS) is 3. The summed E-state index contributed by atoms with van der Waals surface area (Å²) in [6.07, 6.45) is 0.556. The third-order valence-electron chi connectivity index (χ3n) is 0.894. The zero-order chi connectivity index (χ0) is 12.9. The Balaban J connectivity index is -0.0000000400. The normalized spacial score (nSPS) is 6.53. The fraction of sp³-hybridized carbons (Fsp3) is 0.667. The third-order valence-corrected chi connectivity index (χ3v) is 0.894. The first-order valence-corrected chi connectivity index (χ1v) is 4.45. The van der Waals surface area contributed by atoms with Crippen molar-refractivity contribution >= 4 is 17.9 Å². The molecular formula is C9H19KO7. The first kappa shape index (κ1) is 30.2. The second-order valence-electron chi connectivity index (χ2n) is 2.22. The molecule has 0 atom stereocenters. The zero-order valence-corrected chi connectivity index (χ0v) is 13.8. The SMILES string of the molecule is CCC(=O)O.CCC(=O)O.CCC(=O)[O-].O.[K+]. The van der Waals surface area contributed by atoms with Crippen molar-refractivity contribution in [2.75, 3.05) is 0 Å². The van der Waals surface area contributed by atoms with Gasteiger partial charge in [-0.15, -0.1) is 0 Å². The summed E-state index contributed by atoms with van der Waals surface area (Å²) in [5.74, 6) is -2.49. The van der Waals surface area contributed by atoms with Crippen molar-refractivity contribution in [1.82, 2.24) is 0 Å². The third kappa shape index (κ3) is 87.0. The summed E-state index contributed by atoms with van der Waals surface area (Å²) in [7, 11) is 0. The van der Waals surface area contributed by atoms with Gasteiger partial charge in [0.2, 0.25) is 0 Å². The van der Waals surface area contributed by atoms with Crippen LogP contribution in [0.4, 0.5) is 0 Å². The molecule has 98 valence electrons. The van der Waals surface area contributed by atoms with Crippen LogP contribution in [0.25, 0.3) is 0 Å². The van der Waals surface area contributed by atoms with Crippen LogP contribution in [-0.4, -0.2) is 33.6 Å². The second kappa shape index (κ2) is 25.0. The van der Waals surface area contributed by atoms with E-state index in [9.17, 15) is 19.5 Å². The second-order valence-corrected chi connectivity index (χ2v) is 2.22. The average Bonchev–Trinajstić information content (AvgIpc) is 2.19. The fourth-order valence-electron chi connectivity index (χ4n) is 0. The van der Waals surface area contributed by atoms with Crippen molar-refractivity contribution in [2.24, 2.45) is 0 Å². The Morgan fingerprint density at radius 3 is 1.00 bits per heavy atom. The van der Waals surface area contributed by atoms with E-state index in [0.29, 0.717) is 0 Å². The van der Waals surface area contributed by atoms with Crippen molar-refractivity contribution in [2.45, 2.75) is 40.0 Å². The Kier molecular flexibility index (Phi) is 44.5. The van der Waals surface area contributed by atoms with E-state index in [1.165, 1.54) is 6.92 Å². The van der Waals surface area contributed by atoms with Gasteiger partial charge in [-0.1, -0.05) is 20.8 Å². The molecule has 0 amide bonds. The summed E-state index contributed by atoms with van der Waals surface area (Å²) >= 11 is 0. The molecule has 0 aromatic rings. The Hall–Kier alpha value is 0.00636. The van der Waals surface area contributed by atoms with E-state index in [2.05, 4.69) is 0 Å². The van der Waals surface area contributed by atoms with E-state index in [0.717, 1.165) is 0 Å². The summed E-state index contributed by atoms with van der Waals surface area (Å²) in [5.41, 5.74) is 0. The van der Waals surface area contributed by atoms with Crippen molar-refractivity contribution in [3.63, 3.8) is 0 Å². The van der Waals surface area contributed by atoms with Gasteiger partial charge in [-0.05, 0) is 6.42 Å². The molecule has 0 aliphatic heterocycles. The molecule has 0 radical (unpaired) electrons. The molecule has 0 aromatic heterocycles. The van der Waals surface area contributed by atoms with Gasteiger partial charge in [-0.25, -0.2) is 0 Å². The van der Waals surface area contributed by atoms with Crippen LogP contribution in [0.5, 0.6) is 0 Å². The Bertz CT molecular complexity index is 160. The summed E-state index contributed by atoms with van der Waals surface area (Å²) in [4.78, 5) is 28.0. The minimum absolute atomic E-state index is 0. The molecule has 4 N–H and O–H groups in total. The smallest absolute Gasteiger partial charge is 0.550 e. The van der Waals surface area contributed by atoms with Crippen LogP contribution in [0.15, 0.2) is 0 Å². The maximum Gasteiger partial charge on any atom is 1.00 e. The molecule has 0 fully saturated rings. The predicted octanol–water partition coefficient (Wildman–Crippen LogP) is -3.71. The topological polar surface area (TPSA) is 146 Å². The number of hydrogen-bond acceptors (Lipinski definition) is 4. The fourth-order valence-corrected chi connectivity index (χ4v) is 0. The number of rotatable bonds is 3. The van der Waals surface area contributed by atoms with Gasteiger partial charge >= 0.3 is 63.3 Å². The summed E-state index contributed by atoms with van der Waals surface area (Å²) in [6.45, 7) is 4.74. The van der Waals surface area contributed by atoms with Crippen molar-refractivity contribution < 1.29 is 86.6 Å². The largest absolute Gasteiger partial charge is 1.00 e. The van der Waals surface area contributed by atoms with Gasteiger partial charge in [-0.2, -0.15) is 0 Å². The summed E-state index contributed by atoms with van der Waals surface area (Å²) in [6, 6.07) is 0. The number of carbonyl (C=O) groups is 3. The van der Waals surface area contributed by atoms with Gasteiger partial charge in [0.15, 0.2) is 0 Å². The van der Waals surface area contributed by atoms with E-state index in [-0.39, 0.29) is 76.1 Å². The van der Waals surface area contributed by atoms with Crippen LogP contribution >= 0.6 is 0 Å². The minimum atomic E-state index is -0.995. The molecule has 0 heterocycles. The molecule has 0 saturated heterocycles. The molecule has 0 aromatic carbocycles. The first-order valence-electron chi connectivity index (χ1n) is 4.45. The standard InChI is InChI=1S/3C3H6O2.K.H2O/c3*1-2-3(4)5;;/h3*2H2,1H3,(H,4,5);;1H2/q;;;+1;/p-1. The van der Waals surface area contributed by atoms with Crippen molar-refractivity contribution in [1.29, 1.82) is 0 Å². The maximum absolute atomic E-state index is 9.37. The molecule has 0 unspecified atom stereocenters. The Labute approximate surface area is 143 Å². The zero-order valence-electron chi connectivity index (χ0n) is 10.6. The maximum atomic E-state index is 9.37. The van der Waals surface area contributed by atoms with Crippen LogP contribution in [0.1, 0.15) is 40.0 Å². The van der Waals surface area contributed by atoms with Gasteiger partial charge in [0.1, 0.15) is 0 Å². The van der Waals surface area contributed by atoms with Crippen LogP contribution < -0.4 is 56.5 Å². The quantitative estimate of drug-likeness (QED) is 0.508. The molecule has 17 heavy (non-hydrogen) atoms. The van der Waals surface area contributed by atoms with E-state index >= 15 is 0 Å². The molecule has 0 rings (SSSR count). The Morgan fingerprint density at radius 2 is 1.00 bits per heavy atom. The molecule has 7 nitrogen and oxygen atoms in total. The molecule has 0 saturated carbocycles. The molecular weight excluding hydrogens is 259 g/mol. The van der Waals surface area contributed by atoms with Gasteiger partial charge in [0, 0.05) is 18.8 Å². The molecule has 0 spiro atoms. The minimum Gasteiger partial charge on any atom is -0.550 e. The Morgan fingerprint density at radius 1 is 0.882 bits per heavy atom. The molecule has 8 heteroatoms. The van der Waals surface area contributed by atoms with Crippen molar-refractivity contribution in [3.8, 4) is 0 Å². The molecule has 0 aliphatic rings. The van der Waals surface area contributed by atoms with Gasteiger partial charge in [0.05, 0.1) is 0 Å². The first-order chi connectivity index (χ1) is 6.81.